The lowest BCUT2D eigenvalue weighted by Gasteiger charge is -2.08. The summed E-state index contributed by atoms with van der Waals surface area (Å²) in [6.45, 7) is 6.52. The molecule has 1 rings (SSSR count). The summed E-state index contributed by atoms with van der Waals surface area (Å²) in [6.07, 6.45) is 3.67. The van der Waals surface area contributed by atoms with Crippen LogP contribution in [0.5, 0.6) is 0 Å². The van der Waals surface area contributed by atoms with Gasteiger partial charge in [0.1, 0.15) is 0 Å². The number of unbranched alkanes of at least 4 members (excludes halogenated alkanes) is 1. The van der Waals surface area contributed by atoms with E-state index in [0.717, 1.165) is 18.4 Å². The average molecular weight is 289 g/mol. The van der Waals surface area contributed by atoms with Crippen LogP contribution < -0.4 is 5.32 Å². The predicted octanol–water partition coefficient (Wildman–Crippen LogP) is 3.18. The van der Waals surface area contributed by atoms with E-state index in [9.17, 15) is 9.59 Å². The first-order chi connectivity index (χ1) is 10.1. The third-order valence-electron chi connectivity index (χ3n) is 2.99. The summed E-state index contributed by atoms with van der Waals surface area (Å²) in [5.74, 6) is -0.481. The van der Waals surface area contributed by atoms with Gasteiger partial charge in [-0.1, -0.05) is 31.5 Å². The first kappa shape index (κ1) is 17.0. The molecule has 0 heterocycles. The number of rotatable bonds is 7. The fraction of sp³-hybridized carbons (Fsp3) is 0.412. The van der Waals surface area contributed by atoms with Crippen molar-refractivity contribution in [2.24, 2.45) is 0 Å². The van der Waals surface area contributed by atoms with Gasteiger partial charge >= 0.3 is 5.97 Å². The van der Waals surface area contributed by atoms with Gasteiger partial charge in [0.15, 0.2) is 0 Å². The van der Waals surface area contributed by atoms with Crippen LogP contribution in [0.2, 0.25) is 0 Å². The largest absolute Gasteiger partial charge is 0.463 e. The predicted molar refractivity (Wildman–Crippen MR) is 84.0 cm³/mol. The Balaban J connectivity index is 2.91. The first-order valence-electron chi connectivity index (χ1n) is 7.32. The minimum atomic E-state index is -0.362. The molecule has 0 atom stereocenters. The van der Waals surface area contributed by atoms with Gasteiger partial charge in [-0.25, -0.2) is 4.79 Å². The van der Waals surface area contributed by atoms with E-state index in [2.05, 4.69) is 12.2 Å². The monoisotopic (exact) mass is 289 g/mol. The summed E-state index contributed by atoms with van der Waals surface area (Å²) >= 11 is 0. The Bertz CT molecular complexity index is 521. The van der Waals surface area contributed by atoms with Gasteiger partial charge in [0.2, 0.25) is 0 Å². The molecule has 0 aliphatic carbocycles. The fourth-order valence-electron chi connectivity index (χ4n) is 1.84. The van der Waals surface area contributed by atoms with Crippen LogP contribution in [-0.2, 0) is 9.53 Å². The molecule has 0 unspecified atom stereocenters. The Morgan fingerprint density at radius 2 is 1.95 bits per heavy atom. The third-order valence-corrected chi connectivity index (χ3v) is 2.99. The zero-order chi connectivity index (χ0) is 15.7. The van der Waals surface area contributed by atoms with Crippen LogP contribution in [0.15, 0.2) is 29.8 Å². The van der Waals surface area contributed by atoms with Crippen LogP contribution in [-0.4, -0.2) is 25.0 Å². The summed E-state index contributed by atoms with van der Waals surface area (Å²) < 4.78 is 4.95. The van der Waals surface area contributed by atoms with Crippen molar-refractivity contribution >= 4 is 18.0 Å². The van der Waals surface area contributed by atoms with Crippen LogP contribution in [0.4, 0.5) is 0 Å². The van der Waals surface area contributed by atoms with Gasteiger partial charge in [0, 0.05) is 17.7 Å². The highest BCUT2D eigenvalue weighted by Crippen LogP contribution is 2.14. The van der Waals surface area contributed by atoms with E-state index >= 15 is 0 Å². The molecule has 1 aromatic carbocycles. The zero-order valence-corrected chi connectivity index (χ0v) is 12.9. The van der Waals surface area contributed by atoms with Crippen LogP contribution in [0.3, 0.4) is 0 Å². The minimum Gasteiger partial charge on any atom is -0.463 e. The molecular formula is C17H23NO3. The van der Waals surface area contributed by atoms with Gasteiger partial charge in [-0.05, 0) is 38.0 Å². The molecule has 0 radical (unpaired) electrons. The van der Waals surface area contributed by atoms with Crippen LogP contribution in [0.1, 0.15) is 49.5 Å². The molecule has 4 nitrogen and oxygen atoms in total. The molecule has 0 saturated carbocycles. The number of nitrogens with one attached hydrogen (secondary N) is 1. The van der Waals surface area contributed by atoms with E-state index in [1.165, 1.54) is 0 Å². The number of carbonyl (C=O) groups excluding carboxylic acids is 2. The van der Waals surface area contributed by atoms with E-state index in [1.54, 1.807) is 26.0 Å². The summed E-state index contributed by atoms with van der Waals surface area (Å²) in [7, 11) is 0. The minimum absolute atomic E-state index is 0.119. The first-order valence-corrected chi connectivity index (χ1v) is 7.32. The number of hydrogen-bond donors (Lipinski definition) is 1. The molecule has 0 aliphatic rings. The highest BCUT2D eigenvalue weighted by atomic mass is 16.5. The summed E-state index contributed by atoms with van der Waals surface area (Å²) in [5, 5.41) is 2.88. The van der Waals surface area contributed by atoms with Crippen molar-refractivity contribution in [3.63, 3.8) is 0 Å². The van der Waals surface area contributed by atoms with E-state index in [1.807, 2.05) is 18.2 Å². The van der Waals surface area contributed by atoms with Gasteiger partial charge in [-0.3, -0.25) is 4.79 Å². The van der Waals surface area contributed by atoms with Gasteiger partial charge < -0.3 is 10.1 Å². The normalized spacial score (nSPS) is 11.1. The molecule has 1 aromatic rings. The summed E-state index contributed by atoms with van der Waals surface area (Å²) in [5.41, 5.74) is 1.76. The topological polar surface area (TPSA) is 55.4 Å². The highest BCUT2D eigenvalue weighted by molar-refractivity contribution is 6.00. The molecule has 1 N–H and O–H groups in total. The maximum Gasteiger partial charge on any atom is 0.333 e. The maximum atomic E-state index is 12.2. The Hall–Kier alpha value is -2.10. The lowest BCUT2D eigenvalue weighted by Crippen LogP contribution is -2.25. The van der Waals surface area contributed by atoms with Crippen molar-refractivity contribution in [1.82, 2.24) is 5.32 Å². The van der Waals surface area contributed by atoms with Crippen molar-refractivity contribution in [3.8, 4) is 0 Å². The number of ether oxygens (including phenoxy) is 1. The molecule has 0 aromatic heterocycles. The van der Waals surface area contributed by atoms with E-state index in [0.29, 0.717) is 24.3 Å². The van der Waals surface area contributed by atoms with Crippen LogP contribution in [0.25, 0.3) is 6.08 Å². The molecule has 0 fully saturated rings. The summed E-state index contributed by atoms with van der Waals surface area (Å²) in [6, 6.07) is 7.22. The van der Waals surface area contributed by atoms with Gasteiger partial charge in [0.05, 0.1) is 6.61 Å². The second-order valence-corrected chi connectivity index (χ2v) is 4.74. The molecule has 0 saturated heterocycles. The molecule has 4 heteroatoms. The number of amides is 1. The molecule has 1 amide bonds. The Kier molecular flexibility index (Phi) is 7.23. The smallest absolute Gasteiger partial charge is 0.333 e. The third kappa shape index (κ3) is 5.42. The van der Waals surface area contributed by atoms with Crippen LogP contribution >= 0.6 is 0 Å². The number of benzene rings is 1. The van der Waals surface area contributed by atoms with Crippen molar-refractivity contribution < 1.29 is 14.3 Å². The van der Waals surface area contributed by atoms with E-state index < -0.39 is 0 Å². The van der Waals surface area contributed by atoms with Crippen molar-refractivity contribution in [2.75, 3.05) is 13.2 Å². The average Bonchev–Trinajstić information content (AvgIpc) is 2.48. The molecule has 114 valence electrons. The van der Waals surface area contributed by atoms with Gasteiger partial charge in [-0.15, -0.1) is 0 Å². The highest BCUT2D eigenvalue weighted by Gasteiger charge is 2.11. The molecular weight excluding hydrogens is 266 g/mol. The van der Waals surface area contributed by atoms with Gasteiger partial charge in [-0.2, -0.15) is 0 Å². The Morgan fingerprint density at radius 3 is 2.62 bits per heavy atom. The maximum absolute atomic E-state index is 12.2. The Morgan fingerprint density at radius 1 is 1.24 bits per heavy atom. The Labute approximate surface area is 126 Å². The molecule has 21 heavy (non-hydrogen) atoms. The second kappa shape index (κ2) is 8.95. The van der Waals surface area contributed by atoms with Crippen molar-refractivity contribution in [1.29, 1.82) is 0 Å². The van der Waals surface area contributed by atoms with E-state index in [-0.39, 0.29) is 11.9 Å². The standard InChI is InChI=1S/C17H23NO3/c1-4-6-11-18-16(19)15-10-8-7-9-14(15)12-13(3)17(20)21-5-2/h7-10,12H,4-6,11H2,1-3H3,(H,18,19)/b13-12+. The van der Waals surface area contributed by atoms with Crippen LogP contribution in [0, 0.1) is 0 Å². The SMILES string of the molecule is CCCCNC(=O)c1ccccc1/C=C(\C)C(=O)OCC. The fourth-order valence-corrected chi connectivity index (χ4v) is 1.84. The van der Waals surface area contributed by atoms with Crippen molar-refractivity contribution in [2.45, 2.75) is 33.6 Å². The van der Waals surface area contributed by atoms with Crippen molar-refractivity contribution in [3.05, 3.63) is 41.0 Å². The molecule has 0 bridgehead atoms. The zero-order valence-electron chi connectivity index (χ0n) is 12.9. The molecule has 0 spiro atoms. The lowest BCUT2D eigenvalue weighted by atomic mass is 10.0. The molecule has 0 aliphatic heterocycles. The number of carbonyl (C=O) groups is 2. The number of hydrogen-bond acceptors (Lipinski definition) is 3. The number of esters is 1. The second-order valence-electron chi connectivity index (χ2n) is 4.74. The van der Waals surface area contributed by atoms with E-state index in [4.69, 9.17) is 4.74 Å². The summed E-state index contributed by atoms with van der Waals surface area (Å²) in [4.78, 5) is 23.8. The lowest BCUT2D eigenvalue weighted by molar-refractivity contribution is -0.138. The van der Waals surface area contributed by atoms with Gasteiger partial charge in [0.25, 0.3) is 5.91 Å². The quantitative estimate of drug-likeness (QED) is 0.476.